The normalized spacial score (nSPS) is 20.1. The molecule has 18 heavy (non-hydrogen) atoms. The number of rotatable bonds is 2. The summed E-state index contributed by atoms with van der Waals surface area (Å²) in [4.78, 5) is 12.6. The lowest BCUT2D eigenvalue weighted by Crippen LogP contribution is -2.39. The molecule has 1 heterocycles. The minimum atomic E-state index is -4.45. The van der Waals surface area contributed by atoms with Crippen LogP contribution in [0.15, 0.2) is 24.3 Å². The molecular weight excluding hydrogens is 249 g/mol. The predicted molar refractivity (Wildman–Crippen MR) is 58.1 cm³/mol. The first kappa shape index (κ1) is 12.7. The number of hydrogen-bond acceptors (Lipinski definition) is 3. The van der Waals surface area contributed by atoms with E-state index in [1.165, 1.54) is 12.1 Å². The number of cyclic esters (lactones) is 1. The molecule has 0 saturated carbocycles. The molecule has 7 heteroatoms. The molecule has 0 bridgehead atoms. The molecule has 1 saturated heterocycles. The molecule has 0 aliphatic carbocycles. The summed E-state index contributed by atoms with van der Waals surface area (Å²) in [6, 6.07) is 4.10. The van der Waals surface area contributed by atoms with Crippen LogP contribution in [0.1, 0.15) is 5.56 Å². The van der Waals surface area contributed by atoms with Crippen LogP contribution in [0.4, 0.5) is 23.7 Å². The third-order valence-corrected chi connectivity index (χ3v) is 2.68. The molecule has 1 aromatic rings. The van der Waals surface area contributed by atoms with Crippen molar-refractivity contribution in [3.8, 4) is 0 Å². The number of benzene rings is 1. The monoisotopic (exact) mass is 260 g/mol. The summed E-state index contributed by atoms with van der Waals surface area (Å²) >= 11 is 0. The molecule has 1 aliphatic rings. The van der Waals surface area contributed by atoms with Gasteiger partial charge in [-0.25, -0.2) is 4.79 Å². The van der Waals surface area contributed by atoms with Gasteiger partial charge in [0.1, 0.15) is 6.61 Å². The Kier molecular flexibility index (Phi) is 3.16. The highest BCUT2D eigenvalue weighted by atomic mass is 19.4. The van der Waals surface area contributed by atoms with Gasteiger partial charge < -0.3 is 10.5 Å². The van der Waals surface area contributed by atoms with Gasteiger partial charge in [0, 0.05) is 12.2 Å². The molecule has 0 radical (unpaired) electrons. The molecule has 1 unspecified atom stereocenters. The number of alkyl halides is 3. The van der Waals surface area contributed by atoms with E-state index < -0.39 is 23.9 Å². The molecule has 1 atom stereocenters. The number of anilines is 1. The molecule has 1 amide bonds. The maximum Gasteiger partial charge on any atom is 0.416 e. The summed E-state index contributed by atoms with van der Waals surface area (Å²) in [5.74, 6) is 0. The number of nitrogens with zero attached hydrogens (tertiary/aromatic N) is 1. The molecule has 1 fully saturated rings. The standard InChI is InChI=1S/C11H11F3N2O2/c12-11(13,14)7-2-1-3-8(4-7)16-9(5-15)6-18-10(16)17/h1-4,9H,5-6,15H2. The Morgan fingerprint density at radius 1 is 1.44 bits per heavy atom. The summed E-state index contributed by atoms with van der Waals surface area (Å²) in [6.45, 7) is 0.216. The predicted octanol–water partition coefficient (Wildman–Crippen LogP) is 1.99. The lowest BCUT2D eigenvalue weighted by atomic mass is 10.1. The van der Waals surface area contributed by atoms with E-state index in [0.717, 1.165) is 17.0 Å². The average molecular weight is 260 g/mol. The van der Waals surface area contributed by atoms with Crippen LogP contribution in [0.3, 0.4) is 0 Å². The second kappa shape index (κ2) is 4.49. The minimum Gasteiger partial charge on any atom is -0.447 e. The highest BCUT2D eigenvalue weighted by Crippen LogP contribution is 2.33. The van der Waals surface area contributed by atoms with Gasteiger partial charge in [0.15, 0.2) is 0 Å². The number of ether oxygens (including phenoxy) is 1. The van der Waals surface area contributed by atoms with E-state index in [1.807, 2.05) is 0 Å². The average Bonchev–Trinajstić information content (AvgIpc) is 2.69. The van der Waals surface area contributed by atoms with E-state index in [4.69, 9.17) is 10.5 Å². The Morgan fingerprint density at radius 3 is 2.78 bits per heavy atom. The van der Waals surface area contributed by atoms with Crippen LogP contribution in [0, 0.1) is 0 Å². The second-order valence-corrected chi connectivity index (χ2v) is 3.88. The van der Waals surface area contributed by atoms with Gasteiger partial charge in [-0.15, -0.1) is 0 Å². The van der Waals surface area contributed by atoms with E-state index in [0.29, 0.717) is 0 Å². The number of hydrogen-bond donors (Lipinski definition) is 1. The molecule has 0 aromatic heterocycles. The summed E-state index contributed by atoms with van der Waals surface area (Å²) in [6.07, 6.45) is -5.12. The fourth-order valence-corrected chi connectivity index (χ4v) is 1.78. The first-order valence-corrected chi connectivity index (χ1v) is 5.27. The van der Waals surface area contributed by atoms with Crippen LogP contribution in [-0.4, -0.2) is 25.3 Å². The minimum absolute atomic E-state index is 0.0889. The van der Waals surface area contributed by atoms with Gasteiger partial charge in [-0.1, -0.05) is 6.07 Å². The van der Waals surface area contributed by atoms with Crippen LogP contribution in [0.2, 0.25) is 0 Å². The van der Waals surface area contributed by atoms with E-state index in [1.54, 1.807) is 0 Å². The molecule has 0 spiro atoms. The van der Waals surface area contributed by atoms with Gasteiger partial charge in [-0.2, -0.15) is 13.2 Å². The lowest BCUT2D eigenvalue weighted by molar-refractivity contribution is -0.137. The molecule has 4 nitrogen and oxygen atoms in total. The number of nitrogens with two attached hydrogens (primary N) is 1. The van der Waals surface area contributed by atoms with E-state index in [2.05, 4.69) is 0 Å². The number of halogens is 3. The molecule has 98 valence electrons. The van der Waals surface area contributed by atoms with Gasteiger partial charge in [-0.3, -0.25) is 4.90 Å². The van der Waals surface area contributed by atoms with Crippen molar-refractivity contribution in [2.24, 2.45) is 5.73 Å². The summed E-state index contributed by atoms with van der Waals surface area (Å²) in [7, 11) is 0. The van der Waals surface area contributed by atoms with Crippen LogP contribution in [0.25, 0.3) is 0 Å². The number of carbonyl (C=O) groups excluding carboxylic acids is 1. The van der Waals surface area contributed by atoms with Crippen LogP contribution < -0.4 is 10.6 Å². The Hall–Kier alpha value is -1.76. The molecule has 1 aliphatic heterocycles. The van der Waals surface area contributed by atoms with Crippen molar-refractivity contribution in [3.05, 3.63) is 29.8 Å². The largest absolute Gasteiger partial charge is 0.447 e. The van der Waals surface area contributed by atoms with Crippen molar-refractivity contribution in [2.75, 3.05) is 18.1 Å². The Labute approximate surface area is 101 Å². The van der Waals surface area contributed by atoms with Gasteiger partial charge in [0.25, 0.3) is 0 Å². The van der Waals surface area contributed by atoms with Gasteiger partial charge in [-0.05, 0) is 18.2 Å². The van der Waals surface area contributed by atoms with Crippen molar-refractivity contribution in [1.29, 1.82) is 0 Å². The smallest absolute Gasteiger partial charge is 0.416 e. The molecule has 2 rings (SSSR count). The Morgan fingerprint density at radius 2 is 2.17 bits per heavy atom. The lowest BCUT2D eigenvalue weighted by Gasteiger charge is -2.21. The fraction of sp³-hybridized carbons (Fsp3) is 0.364. The number of carbonyl (C=O) groups is 1. The molecule has 1 aromatic carbocycles. The van der Waals surface area contributed by atoms with Crippen molar-refractivity contribution in [2.45, 2.75) is 12.2 Å². The quantitative estimate of drug-likeness (QED) is 0.884. The molecular formula is C11H11F3N2O2. The third kappa shape index (κ3) is 2.26. The van der Waals surface area contributed by atoms with E-state index >= 15 is 0 Å². The van der Waals surface area contributed by atoms with Gasteiger partial charge >= 0.3 is 12.3 Å². The second-order valence-electron chi connectivity index (χ2n) is 3.88. The maximum atomic E-state index is 12.6. The topological polar surface area (TPSA) is 55.6 Å². The van der Waals surface area contributed by atoms with E-state index in [9.17, 15) is 18.0 Å². The summed E-state index contributed by atoms with van der Waals surface area (Å²) in [5.41, 5.74) is 4.78. The molecule has 2 N–H and O–H groups in total. The van der Waals surface area contributed by atoms with Crippen molar-refractivity contribution < 1.29 is 22.7 Å². The number of amides is 1. The van der Waals surface area contributed by atoms with Gasteiger partial charge in [0.05, 0.1) is 11.6 Å². The van der Waals surface area contributed by atoms with E-state index in [-0.39, 0.29) is 18.8 Å². The highest BCUT2D eigenvalue weighted by molar-refractivity contribution is 5.90. The Balaban J connectivity index is 2.36. The third-order valence-electron chi connectivity index (χ3n) is 2.68. The summed E-state index contributed by atoms with van der Waals surface area (Å²) in [5, 5.41) is 0. The van der Waals surface area contributed by atoms with Crippen LogP contribution in [0.5, 0.6) is 0 Å². The first-order valence-electron chi connectivity index (χ1n) is 5.27. The van der Waals surface area contributed by atoms with Crippen LogP contribution >= 0.6 is 0 Å². The fourth-order valence-electron chi connectivity index (χ4n) is 1.78. The van der Waals surface area contributed by atoms with Crippen molar-refractivity contribution >= 4 is 11.8 Å². The maximum absolute atomic E-state index is 12.6. The summed E-state index contributed by atoms with van der Waals surface area (Å²) < 4.78 is 42.5. The van der Waals surface area contributed by atoms with Crippen molar-refractivity contribution in [1.82, 2.24) is 0 Å². The zero-order chi connectivity index (χ0) is 13.3. The SMILES string of the molecule is NCC1COC(=O)N1c1cccc(C(F)(F)F)c1. The zero-order valence-electron chi connectivity index (χ0n) is 9.28. The van der Waals surface area contributed by atoms with Crippen molar-refractivity contribution in [3.63, 3.8) is 0 Å². The van der Waals surface area contributed by atoms with Crippen LogP contribution in [-0.2, 0) is 10.9 Å². The Bertz CT molecular complexity index is 462. The zero-order valence-corrected chi connectivity index (χ0v) is 9.28. The highest BCUT2D eigenvalue weighted by Gasteiger charge is 2.35. The first-order chi connectivity index (χ1) is 8.43. The van der Waals surface area contributed by atoms with Gasteiger partial charge in [0.2, 0.25) is 0 Å².